The highest BCUT2D eigenvalue weighted by Gasteiger charge is 2.26. The fourth-order valence-electron chi connectivity index (χ4n) is 3.08. The first kappa shape index (κ1) is 10.4. The molecule has 0 aromatic heterocycles. The van der Waals surface area contributed by atoms with Gasteiger partial charge in [-0.05, 0) is 37.5 Å². The standard InChI is InChI=1S/C12H23NO/c1-9-5-10(2)7-12(6-9)13-11-3-4-14-8-11/h9-13H,3-8H2,1-2H3. The molecule has 2 aliphatic rings. The van der Waals surface area contributed by atoms with Gasteiger partial charge in [-0.1, -0.05) is 13.8 Å². The molecule has 0 radical (unpaired) electrons. The second kappa shape index (κ2) is 4.63. The zero-order valence-corrected chi connectivity index (χ0v) is 9.46. The van der Waals surface area contributed by atoms with Crippen LogP contribution in [0.1, 0.15) is 39.5 Å². The molecule has 3 unspecified atom stereocenters. The normalized spacial score (nSPS) is 44.1. The van der Waals surface area contributed by atoms with E-state index >= 15 is 0 Å². The third-order valence-electron chi connectivity index (χ3n) is 3.58. The molecule has 0 aromatic carbocycles. The van der Waals surface area contributed by atoms with Gasteiger partial charge in [0.05, 0.1) is 6.61 Å². The molecule has 14 heavy (non-hydrogen) atoms. The van der Waals surface area contributed by atoms with Crippen LogP contribution in [0, 0.1) is 11.8 Å². The molecule has 1 N–H and O–H groups in total. The quantitative estimate of drug-likeness (QED) is 0.732. The lowest BCUT2D eigenvalue weighted by Gasteiger charge is -2.33. The summed E-state index contributed by atoms with van der Waals surface area (Å²) >= 11 is 0. The third-order valence-corrected chi connectivity index (χ3v) is 3.58. The fourth-order valence-corrected chi connectivity index (χ4v) is 3.08. The summed E-state index contributed by atoms with van der Waals surface area (Å²) in [4.78, 5) is 0. The van der Waals surface area contributed by atoms with E-state index in [9.17, 15) is 0 Å². The average Bonchev–Trinajstić information content (AvgIpc) is 2.54. The van der Waals surface area contributed by atoms with Gasteiger partial charge in [0.15, 0.2) is 0 Å². The first-order chi connectivity index (χ1) is 6.74. The van der Waals surface area contributed by atoms with Crippen LogP contribution in [-0.2, 0) is 4.74 Å². The summed E-state index contributed by atoms with van der Waals surface area (Å²) in [7, 11) is 0. The van der Waals surface area contributed by atoms with Crippen molar-refractivity contribution >= 4 is 0 Å². The Labute approximate surface area is 87.4 Å². The van der Waals surface area contributed by atoms with Crippen molar-refractivity contribution in [1.29, 1.82) is 0 Å². The van der Waals surface area contributed by atoms with Gasteiger partial charge in [-0.2, -0.15) is 0 Å². The van der Waals surface area contributed by atoms with Gasteiger partial charge in [-0.25, -0.2) is 0 Å². The van der Waals surface area contributed by atoms with Crippen LogP contribution in [0.4, 0.5) is 0 Å². The van der Waals surface area contributed by atoms with Crippen molar-refractivity contribution in [3.63, 3.8) is 0 Å². The molecule has 1 heterocycles. The summed E-state index contributed by atoms with van der Waals surface area (Å²) in [6.07, 6.45) is 5.35. The molecule has 2 nitrogen and oxygen atoms in total. The van der Waals surface area contributed by atoms with E-state index < -0.39 is 0 Å². The Balaban J connectivity index is 1.78. The Kier molecular flexibility index (Phi) is 3.45. The molecule has 1 aliphatic heterocycles. The number of hydrogen-bond acceptors (Lipinski definition) is 2. The van der Waals surface area contributed by atoms with E-state index in [2.05, 4.69) is 19.2 Å². The van der Waals surface area contributed by atoms with Gasteiger partial charge in [0.2, 0.25) is 0 Å². The maximum atomic E-state index is 5.39. The minimum atomic E-state index is 0.637. The fraction of sp³-hybridized carbons (Fsp3) is 1.00. The SMILES string of the molecule is CC1CC(C)CC(NC2CCOC2)C1. The Morgan fingerprint density at radius 3 is 2.29 bits per heavy atom. The summed E-state index contributed by atoms with van der Waals surface area (Å²) in [5.41, 5.74) is 0. The number of ether oxygens (including phenoxy) is 1. The van der Waals surface area contributed by atoms with Crippen molar-refractivity contribution in [2.24, 2.45) is 11.8 Å². The highest BCUT2D eigenvalue weighted by Crippen LogP contribution is 2.29. The van der Waals surface area contributed by atoms with E-state index in [0.29, 0.717) is 6.04 Å². The largest absolute Gasteiger partial charge is 0.380 e. The van der Waals surface area contributed by atoms with Gasteiger partial charge in [-0.3, -0.25) is 0 Å². The van der Waals surface area contributed by atoms with E-state index in [4.69, 9.17) is 4.74 Å². The predicted octanol–water partition coefficient (Wildman–Crippen LogP) is 2.19. The van der Waals surface area contributed by atoms with Gasteiger partial charge in [0.25, 0.3) is 0 Å². The topological polar surface area (TPSA) is 21.3 Å². The molecule has 0 bridgehead atoms. The highest BCUT2D eigenvalue weighted by atomic mass is 16.5. The van der Waals surface area contributed by atoms with Crippen LogP contribution < -0.4 is 5.32 Å². The summed E-state index contributed by atoms with van der Waals surface area (Å²) in [5, 5.41) is 3.75. The zero-order chi connectivity index (χ0) is 9.97. The molecule has 1 saturated heterocycles. The second-order valence-corrected chi connectivity index (χ2v) is 5.34. The average molecular weight is 197 g/mol. The van der Waals surface area contributed by atoms with Gasteiger partial charge >= 0.3 is 0 Å². The molecule has 1 saturated carbocycles. The van der Waals surface area contributed by atoms with Crippen LogP contribution in [0.2, 0.25) is 0 Å². The number of rotatable bonds is 2. The molecule has 2 fully saturated rings. The van der Waals surface area contributed by atoms with Gasteiger partial charge < -0.3 is 10.1 Å². The Hall–Kier alpha value is -0.0800. The first-order valence-corrected chi connectivity index (χ1v) is 6.08. The Morgan fingerprint density at radius 1 is 1.00 bits per heavy atom. The molecule has 1 aliphatic carbocycles. The van der Waals surface area contributed by atoms with E-state index in [1.165, 1.54) is 25.7 Å². The monoisotopic (exact) mass is 197 g/mol. The van der Waals surface area contributed by atoms with Crippen LogP contribution in [0.3, 0.4) is 0 Å². The molecule has 0 aromatic rings. The lowest BCUT2D eigenvalue weighted by molar-refractivity contribution is 0.177. The minimum Gasteiger partial charge on any atom is -0.380 e. The molecule has 3 atom stereocenters. The van der Waals surface area contributed by atoms with Crippen LogP contribution in [0.25, 0.3) is 0 Å². The van der Waals surface area contributed by atoms with Crippen LogP contribution in [0.5, 0.6) is 0 Å². The second-order valence-electron chi connectivity index (χ2n) is 5.34. The van der Waals surface area contributed by atoms with E-state index in [1.807, 2.05) is 0 Å². The first-order valence-electron chi connectivity index (χ1n) is 6.08. The molecule has 2 rings (SSSR count). The number of hydrogen-bond donors (Lipinski definition) is 1. The summed E-state index contributed by atoms with van der Waals surface area (Å²) in [6.45, 7) is 6.65. The molecule has 0 spiro atoms. The van der Waals surface area contributed by atoms with Crippen LogP contribution in [0.15, 0.2) is 0 Å². The Morgan fingerprint density at radius 2 is 1.71 bits per heavy atom. The van der Waals surface area contributed by atoms with Crippen molar-refractivity contribution in [1.82, 2.24) is 5.32 Å². The van der Waals surface area contributed by atoms with Crippen molar-refractivity contribution < 1.29 is 4.74 Å². The van der Waals surface area contributed by atoms with E-state index in [1.54, 1.807) is 0 Å². The lowest BCUT2D eigenvalue weighted by Crippen LogP contribution is -2.42. The molecule has 0 amide bonds. The van der Waals surface area contributed by atoms with Gasteiger partial charge in [-0.15, -0.1) is 0 Å². The van der Waals surface area contributed by atoms with Gasteiger partial charge in [0, 0.05) is 18.7 Å². The molecular formula is C12H23NO. The maximum absolute atomic E-state index is 5.39. The van der Waals surface area contributed by atoms with E-state index in [-0.39, 0.29) is 0 Å². The maximum Gasteiger partial charge on any atom is 0.0620 e. The van der Waals surface area contributed by atoms with Crippen molar-refractivity contribution in [2.75, 3.05) is 13.2 Å². The van der Waals surface area contributed by atoms with Crippen LogP contribution in [-0.4, -0.2) is 25.3 Å². The Bertz CT molecular complexity index is 167. The van der Waals surface area contributed by atoms with Crippen molar-refractivity contribution in [3.05, 3.63) is 0 Å². The van der Waals surface area contributed by atoms with Crippen LogP contribution >= 0.6 is 0 Å². The summed E-state index contributed by atoms with van der Waals surface area (Å²) < 4.78 is 5.39. The predicted molar refractivity (Wildman–Crippen MR) is 58.3 cm³/mol. The van der Waals surface area contributed by atoms with Crippen molar-refractivity contribution in [3.8, 4) is 0 Å². The number of nitrogens with one attached hydrogen (secondary N) is 1. The van der Waals surface area contributed by atoms with Crippen molar-refractivity contribution in [2.45, 2.75) is 51.6 Å². The summed E-state index contributed by atoms with van der Waals surface area (Å²) in [6, 6.07) is 1.39. The minimum absolute atomic E-state index is 0.637. The highest BCUT2D eigenvalue weighted by molar-refractivity contribution is 4.83. The summed E-state index contributed by atoms with van der Waals surface area (Å²) in [5.74, 6) is 1.80. The lowest BCUT2D eigenvalue weighted by atomic mass is 9.80. The molecular weight excluding hydrogens is 174 g/mol. The zero-order valence-electron chi connectivity index (χ0n) is 9.46. The molecule has 82 valence electrons. The smallest absolute Gasteiger partial charge is 0.0620 e. The van der Waals surface area contributed by atoms with Gasteiger partial charge in [0.1, 0.15) is 0 Å². The third kappa shape index (κ3) is 2.71. The van der Waals surface area contributed by atoms with E-state index in [0.717, 1.165) is 31.1 Å². The molecule has 2 heteroatoms.